The number of carbonyl (C=O) groups is 1. The van der Waals surface area contributed by atoms with E-state index in [0.29, 0.717) is 6.42 Å². The number of aromatic nitrogens is 2. The Morgan fingerprint density at radius 2 is 1.72 bits per heavy atom. The van der Waals surface area contributed by atoms with Gasteiger partial charge in [-0.25, -0.2) is 9.97 Å². The zero-order valence-electron chi connectivity index (χ0n) is 15.5. The molecule has 0 fully saturated rings. The van der Waals surface area contributed by atoms with Gasteiger partial charge in [-0.2, -0.15) is 0 Å². The third-order valence-electron chi connectivity index (χ3n) is 4.81. The first kappa shape index (κ1) is 17.5. The molecule has 0 bridgehead atoms. The van der Waals surface area contributed by atoms with Crippen LogP contribution in [0.3, 0.4) is 0 Å². The first-order valence-corrected chi connectivity index (χ1v) is 10.2. The number of amides is 1. The highest BCUT2D eigenvalue weighted by molar-refractivity contribution is 7.21. The number of carbonyl (C=O) groups excluding carboxylic acids is 1. The highest BCUT2D eigenvalue weighted by atomic mass is 32.1. The minimum Gasteiger partial charge on any atom is -0.326 e. The lowest BCUT2D eigenvalue weighted by atomic mass is 10.0. The standard InChI is InChI=1S/C24H17N3OS/c28-22(15-18-7-3-6-16-5-1-2-8-20(16)18)26-19-12-10-17(11-13-19)23-27-21-9-4-14-25-24(21)29-23/h1-14H,15H2,(H,26,28). The van der Waals surface area contributed by atoms with Crippen LogP contribution in [0.5, 0.6) is 0 Å². The van der Waals surface area contributed by atoms with E-state index in [0.717, 1.165) is 42.9 Å². The second kappa shape index (κ2) is 7.45. The van der Waals surface area contributed by atoms with Crippen molar-refractivity contribution in [1.82, 2.24) is 9.97 Å². The number of rotatable bonds is 4. The quantitative estimate of drug-likeness (QED) is 0.425. The van der Waals surface area contributed by atoms with Crippen molar-refractivity contribution < 1.29 is 4.79 Å². The first-order chi connectivity index (χ1) is 14.3. The molecular formula is C24H17N3OS. The molecule has 0 atom stereocenters. The summed E-state index contributed by atoms with van der Waals surface area (Å²) in [6.45, 7) is 0. The SMILES string of the molecule is O=C(Cc1cccc2ccccc12)Nc1ccc(-c2nc3cccnc3s2)cc1. The average molecular weight is 395 g/mol. The van der Waals surface area contributed by atoms with Gasteiger partial charge in [0.1, 0.15) is 15.4 Å². The predicted octanol–water partition coefficient (Wildman–Crippen LogP) is 5.69. The molecule has 140 valence electrons. The Kier molecular flexibility index (Phi) is 4.50. The fourth-order valence-corrected chi connectivity index (χ4v) is 4.33. The van der Waals surface area contributed by atoms with Gasteiger partial charge in [-0.15, -0.1) is 0 Å². The molecule has 3 aromatic carbocycles. The second-order valence-electron chi connectivity index (χ2n) is 6.79. The number of hydrogen-bond acceptors (Lipinski definition) is 4. The number of thiazole rings is 1. The van der Waals surface area contributed by atoms with Gasteiger partial charge in [0.05, 0.1) is 6.42 Å². The maximum Gasteiger partial charge on any atom is 0.228 e. The number of hydrogen-bond donors (Lipinski definition) is 1. The number of fused-ring (bicyclic) bond motifs is 2. The number of pyridine rings is 1. The number of benzene rings is 3. The van der Waals surface area contributed by atoms with Crippen molar-refractivity contribution in [2.45, 2.75) is 6.42 Å². The fourth-order valence-electron chi connectivity index (χ4n) is 3.41. The molecule has 0 unspecified atom stereocenters. The van der Waals surface area contributed by atoms with Crippen LogP contribution in [0.15, 0.2) is 85.1 Å². The summed E-state index contributed by atoms with van der Waals surface area (Å²) in [6.07, 6.45) is 2.12. The Morgan fingerprint density at radius 1 is 0.897 bits per heavy atom. The van der Waals surface area contributed by atoms with E-state index in [9.17, 15) is 4.79 Å². The minimum absolute atomic E-state index is 0.0294. The lowest BCUT2D eigenvalue weighted by Crippen LogP contribution is -2.14. The summed E-state index contributed by atoms with van der Waals surface area (Å²) in [7, 11) is 0. The van der Waals surface area contributed by atoms with Crippen LogP contribution in [0, 0.1) is 0 Å². The summed E-state index contributed by atoms with van der Waals surface area (Å²) in [5.74, 6) is -0.0294. The number of nitrogens with zero attached hydrogens (tertiary/aromatic N) is 2. The first-order valence-electron chi connectivity index (χ1n) is 9.35. The van der Waals surface area contributed by atoms with Gasteiger partial charge in [0.25, 0.3) is 0 Å². The third kappa shape index (κ3) is 3.60. The van der Waals surface area contributed by atoms with Crippen LogP contribution in [-0.4, -0.2) is 15.9 Å². The molecule has 5 heteroatoms. The molecule has 0 saturated heterocycles. The molecule has 2 heterocycles. The normalized spacial score (nSPS) is 11.0. The van der Waals surface area contributed by atoms with Crippen molar-refractivity contribution in [2.24, 2.45) is 0 Å². The van der Waals surface area contributed by atoms with E-state index >= 15 is 0 Å². The van der Waals surface area contributed by atoms with Crippen molar-refractivity contribution in [3.63, 3.8) is 0 Å². The molecule has 0 saturated carbocycles. The van der Waals surface area contributed by atoms with Gasteiger partial charge in [0.2, 0.25) is 5.91 Å². The average Bonchev–Trinajstić information content (AvgIpc) is 3.19. The molecule has 1 amide bonds. The van der Waals surface area contributed by atoms with E-state index in [-0.39, 0.29) is 5.91 Å². The van der Waals surface area contributed by atoms with Gasteiger partial charge < -0.3 is 5.32 Å². The maximum absolute atomic E-state index is 12.6. The summed E-state index contributed by atoms with van der Waals surface area (Å²) >= 11 is 1.56. The van der Waals surface area contributed by atoms with Crippen LogP contribution < -0.4 is 5.32 Å². The molecule has 5 rings (SSSR count). The summed E-state index contributed by atoms with van der Waals surface area (Å²) < 4.78 is 0. The van der Waals surface area contributed by atoms with E-state index in [2.05, 4.69) is 33.5 Å². The third-order valence-corrected chi connectivity index (χ3v) is 5.84. The molecule has 2 aromatic heterocycles. The maximum atomic E-state index is 12.6. The molecule has 5 aromatic rings. The van der Waals surface area contributed by atoms with Gasteiger partial charge >= 0.3 is 0 Å². The molecular weight excluding hydrogens is 378 g/mol. The van der Waals surface area contributed by atoms with E-state index in [4.69, 9.17) is 0 Å². The van der Waals surface area contributed by atoms with Crippen molar-refractivity contribution in [2.75, 3.05) is 5.32 Å². The van der Waals surface area contributed by atoms with Gasteiger partial charge in [-0.05, 0) is 52.7 Å². The van der Waals surface area contributed by atoms with Crippen molar-refractivity contribution in [1.29, 1.82) is 0 Å². The minimum atomic E-state index is -0.0294. The number of nitrogens with one attached hydrogen (secondary N) is 1. The Balaban J connectivity index is 1.32. The highest BCUT2D eigenvalue weighted by Crippen LogP contribution is 2.29. The molecule has 0 aliphatic carbocycles. The zero-order valence-corrected chi connectivity index (χ0v) is 16.3. The molecule has 4 nitrogen and oxygen atoms in total. The monoisotopic (exact) mass is 395 g/mol. The lowest BCUT2D eigenvalue weighted by Gasteiger charge is -2.08. The van der Waals surface area contributed by atoms with Gasteiger partial charge in [-0.3, -0.25) is 4.79 Å². The van der Waals surface area contributed by atoms with Crippen LogP contribution >= 0.6 is 11.3 Å². The summed E-state index contributed by atoms with van der Waals surface area (Å²) in [5.41, 5.74) is 3.72. The predicted molar refractivity (Wildman–Crippen MR) is 119 cm³/mol. The molecule has 29 heavy (non-hydrogen) atoms. The van der Waals surface area contributed by atoms with Crippen molar-refractivity contribution >= 4 is 44.1 Å². The summed E-state index contributed by atoms with van der Waals surface area (Å²) in [5, 5.41) is 6.18. The highest BCUT2D eigenvalue weighted by Gasteiger charge is 2.09. The van der Waals surface area contributed by atoms with Crippen LogP contribution in [0.25, 0.3) is 31.7 Å². The van der Waals surface area contributed by atoms with Gasteiger partial charge in [-0.1, -0.05) is 53.8 Å². The Morgan fingerprint density at radius 3 is 2.59 bits per heavy atom. The molecule has 0 spiro atoms. The lowest BCUT2D eigenvalue weighted by molar-refractivity contribution is -0.115. The van der Waals surface area contributed by atoms with E-state index < -0.39 is 0 Å². The topological polar surface area (TPSA) is 54.9 Å². The molecule has 0 radical (unpaired) electrons. The van der Waals surface area contributed by atoms with Gasteiger partial charge in [0, 0.05) is 17.4 Å². The molecule has 0 aliphatic rings. The molecule has 1 N–H and O–H groups in total. The second-order valence-corrected chi connectivity index (χ2v) is 7.76. The van der Waals surface area contributed by atoms with Crippen LogP contribution in [0.2, 0.25) is 0 Å². The fraction of sp³-hybridized carbons (Fsp3) is 0.0417. The Hall–Kier alpha value is -3.57. The van der Waals surface area contributed by atoms with Crippen LogP contribution in [0.4, 0.5) is 5.69 Å². The summed E-state index contributed by atoms with van der Waals surface area (Å²) in [6, 6.07) is 25.8. The van der Waals surface area contributed by atoms with Crippen molar-refractivity contribution in [3.05, 3.63) is 90.6 Å². The smallest absolute Gasteiger partial charge is 0.228 e. The van der Waals surface area contributed by atoms with Crippen LogP contribution in [-0.2, 0) is 11.2 Å². The largest absolute Gasteiger partial charge is 0.326 e. The van der Waals surface area contributed by atoms with Gasteiger partial charge in [0.15, 0.2) is 0 Å². The van der Waals surface area contributed by atoms with E-state index in [1.807, 2.05) is 60.7 Å². The zero-order chi connectivity index (χ0) is 19.6. The number of anilines is 1. The van der Waals surface area contributed by atoms with E-state index in [1.54, 1.807) is 17.5 Å². The van der Waals surface area contributed by atoms with Crippen LogP contribution in [0.1, 0.15) is 5.56 Å². The molecule has 0 aliphatic heterocycles. The summed E-state index contributed by atoms with van der Waals surface area (Å²) in [4.78, 5) is 22.5. The Labute approximate surface area is 171 Å². The Bertz CT molecular complexity index is 1290. The van der Waals surface area contributed by atoms with E-state index in [1.165, 1.54) is 0 Å². The van der Waals surface area contributed by atoms with Crippen molar-refractivity contribution in [3.8, 4) is 10.6 Å².